The lowest BCUT2D eigenvalue weighted by Gasteiger charge is -2.09. The first-order valence-corrected chi connectivity index (χ1v) is 6.74. The molecule has 4 heteroatoms. The number of nitrogen functional groups attached to an aromatic ring is 1. The van der Waals surface area contributed by atoms with Crippen molar-refractivity contribution in [2.75, 3.05) is 12.3 Å². The molecule has 1 unspecified atom stereocenters. The molecule has 0 fully saturated rings. The molecule has 4 nitrogen and oxygen atoms in total. The summed E-state index contributed by atoms with van der Waals surface area (Å²) in [6.45, 7) is 6.86. The van der Waals surface area contributed by atoms with Crippen LogP contribution in [-0.4, -0.2) is 16.4 Å². The largest absolute Gasteiger partial charge is 0.493 e. The maximum atomic E-state index is 6.09. The van der Waals surface area contributed by atoms with Crippen molar-refractivity contribution in [3.63, 3.8) is 0 Å². The highest BCUT2D eigenvalue weighted by molar-refractivity contribution is 5.76. The van der Waals surface area contributed by atoms with Crippen molar-refractivity contribution in [2.24, 2.45) is 0 Å². The van der Waals surface area contributed by atoms with Crippen molar-refractivity contribution in [3.8, 4) is 17.0 Å². The number of hydrogen-bond donors (Lipinski definition) is 1. The average Bonchev–Trinajstić information content (AvgIpc) is 2.81. The molecule has 1 aromatic heterocycles. The molecule has 0 saturated carbocycles. The van der Waals surface area contributed by atoms with Crippen molar-refractivity contribution in [3.05, 3.63) is 30.5 Å². The van der Waals surface area contributed by atoms with E-state index in [-0.39, 0.29) is 0 Å². The highest BCUT2D eigenvalue weighted by Gasteiger charge is 2.14. The van der Waals surface area contributed by atoms with Crippen LogP contribution in [0.15, 0.2) is 30.5 Å². The normalized spacial score (nSPS) is 12.4. The summed E-state index contributed by atoms with van der Waals surface area (Å²) in [5.74, 6) is 0.825. The molecule has 2 N–H and O–H groups in total. The summed E-state index contributed by atoms with van der Waals surface area (Å²) in [4.78, 5) is 0. The second-order valence-corrected chi connectivity index (χ2v) is 4.60. The fourth-order valence-electron chi connectivity index (χ4n) is 1.97. The van der Waals surface area contributed by atoms with Crippen LogP contribution in [0.25, 0.3) is 11.3 Å². The summed E-state index contributed by atoms with van der Waals surface area (Å²) in [6.07, 6.45) is 2.92. The van der Waals surface area contributed by atoms with E-state index in [0.717, 1.165) is 23.4 Å². The quantitative estimate of drug-likeness (QED) is 0.894. The molecule has 0 amide bonds. The van der Waals surface area contributed by atoms with E-state index in [1.165, 1.54) is 0 Å². The van der Waals surface area contributed by atoms with Gasteiger partial charge in [-0.2, -0.15) is 5.10 Å². The van der Waals surface area contributed by atoms with E-state index in [4.69, 9.17) is 10.5 Å². The summed E-state index contributed by atoms with van der Waals surface area (Å²) in [7, 11) is 0. The van der Waals surface area contributed by atoms with Gasteiger partial charge in [0.1, 0.15) is 11.4 Å². The summed E-state index contributed by atoms with van der Waals surface area (Å²) < 4.78 is 7.56. The Kier molecular flexibility index (Phi) is 4.10. The van der Waals surface area contributed by atoms with E-state index in [1.807, 2.05) is 42.1 Å². The van der Waals surface area contributed by atoms with Crippen LogP contribution in [0, 0.1) is 0 Å². The first-order valence-electron chi connectivity index (χ1n) is 6.74. The van der Waals surface area contributed by atoms with Crippen molar-refractivity contribution < 1.29 is 4.74 Å². The molecule has 0 aliphatic carbocycles. The Morgan fingerprint density at radius 1 is 1.32 bits per heavy atom. The third-order valence-corrected chi connectivity index (χ3v) is 3.24. The van der Waals surface area contributed by atoms with Crippen LogP contribution < -0.4 is 10.5 Å². The molecule has 0 aliphatic rings. The zero-order valence-corrected chi connectivity index (χ0v) is 11.8. The molecule has 1 heterocycles. The molecule has 0 spiro atoms. The Labute approximate surface area is 114 Å². The van der Waals surface area contributed by atoms with Crippen molar-refractivity contribution in [1.29, 1.82) is 0 Å². The third kappa shape index (κ3) is 2.72. The first-order chi connectivity index (χ1) is 9.17. The third-order valence-electron chi connectivity index (χ3n) is 3.24. The maximum absolute atomic E-state index is 6.09. The molecule has 0 radical (unpaired) electrons. The lowest BCUT2D eigenvalue weighted by molar-refractivity contribution is 0.341. The fourth-order valence-corrected chi connectivity index (χ4v) is 1.97. The van der Waals surface area contributed by atoms with E-state index in [1.54, 1.807) is 0 Å². The van der Waals surface area contributed by atoms with Crippen LogP contribution in [0.2, 0.25) is 0 Å². The summed E-state index contributed by atoms with van der Waals surface area (Å²) in [6, 6.07) is 8.21. The van der Waals surface area contributed by atoms with Crippen LogP contribution in [0.4, 0.5) is 5.69 Å². The smallest absolute Gasteiger partial charge is 0.128 e. The molecule has 0 aliphatic heterocycles. The highest BCUT2D eigenvalue weighted by Crippen LogP contribution is 2.33. The molecule has 102 valence electrons. The van der Waals surface area contributed by atoms with Gasteiger partial charge < -0.3 is 10.5 Å². The molecule has 1 atom stereocenters. The number of hydrogen-bond acceptors (Lipinski definition) is 3. The number of benzene rings is 1. The summed E-state index contributed by atoms with van der Waals surface area (Å²) in [5.41, 5.74) is 8.52. The zero-order valence-electron chi connectivity index (χ0n) is 11.8. The molecular formula is C15H21N3O. The van der Waals surface area contributed by atoms with Crippen molar-refractivity contribution >= 4 is 5.69 Å². The van der Waals surface area contributed by atoms with Gasteiger partial charge >= 0.3 is 0 Å². The minimum absolute atomic E-state index is 0.343. The minimum atomic E-state index is 0.343. The number of nitrogens with zero attached hydrogens (tertiary/aromatic N) is 2. The highest BCUT2D eigenvalue weighted by atomic mass is 16.5. The maximum Gasteiger partial charge on any atom is 0.128 e. The predicted octanol–water partition coefficient (Wildman–Crippen LogP) is 3.50. The van der Waals surface area contributed by atoms with E-state index >= 15 is 0 Å². The lowest BCUT2D eigenvalue weighted by Crippen LogP contribution is -2.04. The van der Waals surface area contributed by atoms with Gasteiger partial charge in [-0.1, -0.05) is 19.1 Å². The Hall–Kier alpha value is -1.97. The number of nitrogens with two attached hydrogens (primary N) is 1. The minimum Gasteiger partial charge on any atom is -0.493 e. The van der Waals surface area contributed by atoms with Crippen LogP contribution in [-0.2, 0) is 0 Å². The molecule has 1 aromatic carbocycles. The van der Waals surface area contributed by atoms with Crippen molar-refractivity contribution in [1.82, 2.24) is 9.78 Å². The zero-order chi connectivity index (χ0) is 13.8. The van der Waals surface area contributed by atoms with Gasteiger partial charge in [-0.3, -0.25) is 4.68 Å². The first kappa shape index (κ1) is 13.5. The molecule has 0 saturated heterocycles. The van der Waals surface area contributed by atoms with Crippen LogP contribution in [0.1, 0.15) is 33.2 Å². The Bertz CT molecular complexity index is 548. The Balaban J connectivity index is 2.44. The van der Waals surface area contributed by atoms with Gasteiger partial charge in [0.2, 0.25) is 0 Å². The van der Waals surface area contributed by atoms with Gasteiger partial charge in [0.25, 0.3) is 0 Å². The molecule has 2 rings (SSSR count). The number of anilines is 1. The van der Waals surface area contributed by atoms with Gasteiger partial charge in [-0.15, -0.1) is 0 Å². The van der Waals surface area contributed by atoms with Gasteiger partial charge in [0.05, 0.1) is 12.3 Å². The number of ether oxygens (including phenoxy) is 1. The Morgan fingerprint density at radius 2 is 2.05 bits per heavy atom. The van der Waals surface area contributed by atoms with E-state index in [0.29, 0.717) is 18.3 Å². The predicted molar refractivity (Wildman–Crippen MR) is 78.2 cm³/mol. The average molecular weight is 259 g/mol. The second kappa shape index (κ2) is 5.78. The van der Waals surface area contributed by atoms with Gasteiger partial charge in [0, 0.05) is 17.8 Å². The monoisotopic (exact) mass is 259 g/mol. The van der Waals surface area contributed by atoms with E-state index in [9.17, 15) is 0 Å². The van der Waals surface area contributed by atoms with Gasteiger partial charge in [0.15, 0.2) is 0 Å². The fraction of sp³-hybridized carbons (Fsp3) is 0.400. The van der Waals surface area contributed by atoms with Gasteiger partial charge in [-0.05, 0) is 32.4 Å². The van der Waals surface area contributed by atoms with Gasteiger partial charge in [-0.25, -0.2) is 0 Å². The number of aromatic nitrogens is 2. The van der Waals surface area contributed by atoms with Crippen molar-refractivity contribution in [2.45, 2.75) is 33.2 Å². The topological polar surface area (TPSA) is 53.1 Å². The number of para-hydroxylation sites is 1. The molecular weight excluding hydrogens is 238 g/mol. The molecule has 2 aromatic rings. The van der Waals surface area contributed by atoms with Crippen LogP contribution in [0.3, 0.4) is 0 Å². The van der Waals surface area contributed by atoms with Crippen LogP contribution in [0.5, 0.6) is 5.75 Å². The second-order valence-electron chi connectivity index (χ2n) is 4.60. The number of rotatable bonds is 5. The standard InChI is InChI=1S/C15H21N3O/c1-4-11(3)18-10-13(16)15(17-18)12-8-6-7-9-14(12)19-5-2/h6-11H,4-5,16H2,1-3H3. The van der Waals surface area contributed by atoms with E-state index in [2.05, 4.69) is 18.9 Å². The SMILES string of the molecule is CCOc1ccccc1-c1nn(C(C)CC)cc1N. The summed E-state index contributed by atoms with van der Waals surface area (Å²) >= 11 is 0. The molecule has 0 bridgehead atoms. The summed E-state index contributed by atoms with van der Waals surface area (Å²) in [5, 5.41) is 4.61. The van der Waals surface area contributed by atoms with Crippen LogP contribution >= 0.6 is 0 Å². The van der Waals surface area contributed by atoms with E-state index < -0.39 is 0 Å². The molecule has 19 heavy (non-hydrogen) atoms. The Morgan fingerprint density at radius 3 is 2.74 bits per heavy atom. The lowest BCUT2D eigenvalue weighted by atomic mass is 10.1.